The third-order valence-corrected chi connectivity index (χ3v) is 8.34. The Kier molecular flexibility index (Phi) is 3.94. The average molecular weight is 455 g/mol. The summed E-state index contributed by atoms with van der Waals surface area (Å²) in [5.74, 6) is 2.35. The van der Waals surface area contributed by atoms with Crippen molar-refractivity contribution in [2.75, 3.05) is 26.2 Å². The zero-order chi connectivity index (χ0) is 21.5. The second-order valence-electron chi connectivity index (χ2n) is 10.9. The number of likely N-dealkylation sites (tertiary alicyclic amines) is 2. The van der Waals surface area contributed by atoms with Crippen LogP contribution in [0.25, 0.3) is 0 Å². The van der Waals surface area contributed by atoms with E-state index in [4.69, 9.17) is 16.3 Å². The molecule has 0 atom stereocenters. The highest BCUT2D eigenvalue weighted by Gasteiger charge is 2.59. The minimum Gasteiger partial charge on any atom is -0.489 e. The van der Waals surface area contributed by atoms with E-state index in [0.29, 0.717) is 22.4 Å². The summed E-state index contributed by atoms with van der Waals surface area (Å²) >= 11 is 5.98. The van der Waals surface area contributed by atoms with Crippen molar-refractivity contribution in [2.24, 2.45) is 10.8 Å². The minimum absolute atomic E-state index is 0.198. The number of urea groups is 1. The van der Waals surface area contributed by atoms with Gasteiger partial charge in [-0.25, -0.2) is 14.5 Å². The Morgan fingerprint density at radius 1 is 1.03 bits per heavy atom. The highest BCUT2D eigenvalue weighted by molar-refractivity contribution is 6.30. The zero-order valence-corrected chi connectivity index (χ0v) is 18.7. The summed E-state index contributed by atoms with van der Waals surface area (Å²) in [6.45, 7) is 3.50. The Morgan fingerprint density at radius 2 is 1.72 bits per heavy atom. The van der Waals surface area contributed by atoms with Crippen LogP contribution in [0.5, 0.6) is 5.75 Å². The van der Waals surface area contributed by atoms with E-state index < -0.39 is 0 Å². The third-order valence-electron chi connectivity index (χ3n) is 8.13. The molecule has 2 aromatic rings. The molecule has 0 N–H and O–H groups in total. The van der Waals surface area contributed by atoms with Gasteiger partial charge in [0, 0.05) is 55.2 Å². The number of hydrogen-bond donors (Lipinski definition) is 0. The van der Waals surface area contributed by atoms with E-state index >= 15 is 0 Å². The van der Waals surface area contributed by atoms with Crippen molar-refractivity contribution in [3.63, 3.8) is 0 Å². The molecule has 0 bridgehead atoms. The monoisotopic (exact) mass is 454 g/mol. The second kappa shape index (κ2) is 6.59. The van der Waals surface area contributed by atoms with Crippen LogP contribution in [0.2, 0.25) is 5.02 Å². The topological polar surface area (TPSA) is 76.4 Å². The fourth-order valence-corrected chi connectivity index (χ4v) is 6.44. The van der Waals surface area contributed by atoms with Gasteiger partial charge in [-0.15, -0.1) is 0 Å². The third kappa shape index (κ3) is 3.10. The highest BCUT2D eigenvalue weighted by atomic mass is 35.5. The van der Waals surface area contributed by atoms with Gasteiger partial charge >= 0.3 is 6.03 Å². The van der Waals surface area contributed by atoms with Crippen molar-refractivity contribution < 1.29 is 9.53 Å². The van der Waals surface area contributed by atoms with Crippen molar-refractivity contribution >= 4 is 17.6 Å². The first-order chi connectivity index (χ1) is 15.5. The molecule has 5 fully saturated rings. The van der Waals surface area contributed by atoms with Gasteiger partial charge in [0.1, 0.15) is 18.2 Å². The zero-order valence-electron chi connectivity index (χ0n) is 18.0. The van der Waals surface area contributed by atoms with E-state index in [2.05, 4.69) is 19.7 Å². The van der Waals surface area contributed by atoms with Gasteiger partial charge < -0.3 is 14.5 Å². The molecule has 4 heterocycles. The van der Waals surface area contributed by atoms with Gasteiger partial charge in [-0.05, 0) is 38.5 Å². The van der Waals surface area contributed by atoms with Crippen LogP contribution in [0, 0.1) is 10.8 Å². The molecular weight excluding hydrogens is 428 g/mol. The standard InChI is InChI=1S/C23H27ClN6O2/c24-16-3-18(9-25-8-16)32-19-6-23(7-19)12-29(13-23)21(31)28-10-22(11-28)4-17(5-22)30-14-26-20(27-30)15-1-2-15/h3,8-9,14-15,17,19H,1-2,4-7,10-13H2. The number of carbonyl (C=O) groups is 1. The smallest absolute Gasteiger partial charge is 0.320 e. The SMILES string of the molecule is O=C(N1CC2(CC(Oc3cncc(Cl)c3)C2)C1)N1CC2(CC(n3cnc(C4CC4)n3)C2)C1. The van der Waals surface area contributed by atoms with E-state index in [0.717, 1.165) is 63.4 Å². The van der Waals surface area contributed by atoms with Crippen molar-refractivity contribution in [1.29, 1.82) is 0 Å². The van der Waals surface area contributed by atoms with Gasteiger partial charge in [0.25, 0.3) is 0 Å². The first kappa shape index (κ1) is 19.1. The predicted molar refractivity (Wildman–Crippen MR) is 117 cm³/mol. The van der Waals surface area contributed by atoms with Crippen LogP contribution in [0.1, 0.15) is 56.3 Å². The summed E-state index contributed by atoms with van der Waals surface area (Å²) in [5, 5.41) is 5.28. The molecule has 168 valence electrons. The number of carbonyl (C=O) groups excluding carboxylic acids is 1. The van der Waals surface area contributed by atoms with Crippen molar-refractivity contribution in [3.05, 3.63) is 35.6 Å². The van der Waals surface area contributed by atoms with Crippen LogP contribution in [0.3, 0.4) is 0 Å². The first-order valence-electron chi connectivity index (χ1n) is 11.7. The maximum absolute atomic E-state index is 12.9. The number of aromatic nitrogens is 4. The van der Waals surface area contributed by atoms with E-state index in [9.17, 15) is 4.79 Å². The van der Waals surface area contributed by atoms with Gasteiger partial charge in [0.15, 0.2) is 5.82 Å². The molecule has 3 saturated carbocycles. The number of ether oxygens (including phenoxy) is 1. The largest absolute Gasteiger partial charge is 0.489 e. The lowest BCUT2D eigenvalue weighted by Gasteiger charge is -2.63. The summed E-state index contributed by atoms with van der Waals surface area (Å²) in [4.78, 5) is 25.5. The number of halogens is 1. The molecule has 0 radical (unpaired) electrons. The van der Waals surface area contributed by atoms with Gasteiger partial charge in [0.2, 0.25) is 0 Å². The highest BCUT2D eigenvalue weighted by Crippen LogP contribution is 2.55. The summed E-state index contributed by atoms with van der Waals surface area (Å²) in [7, 11) is 0. The summed E-state index contributed by atoms with van der Waals surface area (Å²) in [6.07, 6.45) is 12.1. The summed E-state index contributed by atoms with van der Waals surface area (Å²) < 4.78 is 8.05. The van der Waals surface area contributed by atoms with Gasteiger partial charge in [-0.3, -0.25) is 4.98 Å². The number of rotatable bonds is 4. The van der Waals surface area contributed by atoms with Crippen LogP contribution in [-0.4, -0.2) is 67.9 Å². The molecule has 0 unspecified atom stereocenters. The van der Waals surface area contributed by atoms with Crippen molar-refractivity contribution in [3.8, 4) is 5.75 Å². The molecule has 2 amide bonds. The Labute approximate surface area is 191 Å². The first-order valence-corrected chi connectivity index (χ1v) is 12.1. The molecule has 2 saturated heterocycles. The number of amides is 2. The van der Waals surface area contributed by atoms with Crippen LogP contribution in [-0.2, 0) is 0 Å². The Hall–Kier alpha value is -2.35. The number of pyridine rings is 1. The maximum atomic E-state index is 12.9. The van der Waals surface area contributed by atoms with E-state index in [1.807, 2.05) is 16.1 Å². The number of hydrogen-bond acceptors (Lipinski definition) is 5. The second-order valence-corrected chi connectivity index (χ2v) is 11.3. The quantitative estimate of drug-likeness (QED) is 0.706. The molecule has 3 aliphatic carbocycles. The van der Waals surface area contributed by atoms with Crippen molar-refractivity contribution in [1.82, 2.24) is 29.5 Å². The van der Waals surface area contributed by atoms with Crippen LogP contribution in [0.15, 0.2) is 24.8 Å². The fraction of sp³-hybridized carbons (Fsp3) is 0.652. The Bertz CT molecular complexity index is 1060. The molecule has 2 aromatic heterocycles. The Balaban J connectivity index is 0.856. The molecule has 2 aliphatic heterocycles. The molecule has 7 rings (SSSR count). The van der Waals surface area contributed by atoms with Gasteiger partial charge in [-0.2, -0.15) is 5.10 Å². The molecule has 32 heavy (non-hydrogen) atoms. The molecular formula is C23H27ClN6O2. The van der Waals surface area contributed by atoms with E-state index in [1.54, 1.807) is 18.5 Å². The molecule has 8 nitrogen and oxygen atoms in total. The summed E-state index contributed by atoms with van der Waals surface area (Å²) in [6, 6.07) is 2.47. The lowest BCUT2D eigenvalue weighted by molar-refractivity contribution is -0.121. The lowest BCUT2D eigenvalue weighted by atomic mass is 9.60. The van der Waals surface area contributed by atoms with E-state index in [1.165, 1.54) is 12.8 Å². The van der Waals surface area contributed by atoms with Gasteiger partial charge in [-0.1, -0.05) is 11.6 Å². The Morgan fingerprint density at radius 3 is 2.38 bits per heavy atom. The van der Waals surface area contributed by atoms with Gasteiger partial charge in [0.05, 0.1) is 17.3 Å². The average Bonchev–Trinajstić information content (AvgIpc) is 3.38. The molecule has 5 aliphatic rings. The van der Waals surface area contributed by atoms with Crippen molar-refractivity contribution in [2.45, 2.75) is 56.6 Å². The predicted octanol–water partition coefficient (Wildman–Crippen LogP) is 3.50. The lowest BCUT2D eigenvalue weighted by Crippen LogP contribution is -2.71. The summed E-state index contributed by atoms with van der Waals surface area (Å²) in [5.41, 5.74) is 0.567. The van der Waals surface area contributed by atoms with Crippen LogP contribution >= 0.6 is 11.6 Å². The normalized spacial score (nSPS) is 25.8. The fourth-order valence-electron chi connectivity index (χ4n) is 6.27. The molecule has 2 spiro atoms. The van der Waals surface area contributed by atoms with Crippen LogP contribution < -0.4 is 4.74 Å². The minimum atomic E-state index is 0.198. The molecule has 0 aromatic carbocycles. The van der Waals surface area contributed by atoms with E-state index in [-0.39, 0.29) is 17.6 Å². The van der Waals surface area contributed by atoms with Crippen LogP contribution in [0.4, 0.5) is 4.79 Å². The molecule has 9 heteroatoms. The maximum Gasteiger partial charge on any atom is 0.320 e. The number of nitrogens with zero attached hydrogens (tertiary/aromatic N) is 6.